The maximum atomic E-state index is 12.6. The van der Waals surface area contributed by atoms with E-state index in [1.807, 2.05) is 39.0 Å². The molecule has 0 aliphatic carbocycles. The summed E-state index contributed by atoms with van der Waals surface area (Å²) in [4.78, 5) is 12.6. The predicted molar refractivity (Wildman–Crippen MR) is 110 cm³/mol. The molecule has 0 aliphatic rings. The third-order valence-electron chi connectivity index (χ3n) is 4.05. The second-order valence-corrected chi connectivity index (χ2v) is 6.99. The first kappa shape index (κ1) is 20.5. The van der Waals surface area contributed by atoms with Crippen molar-refractivity contribution in [3.05, 3.63) is 56.6 Å². The fourth-order valence-corrected chi connectivity index (χ4v) is 3.52. The molecule has 6 heteroatoms. The molecule has 0 saturated carbocycles. The number of halogens is 1. The van der Waals surface area contributed by atoms with Gasteiger partial charge < -0.3 is 14.8 Å². The molecule has 2 rings (SSSR count). The van der Waals surface area contributed by atoms with Gasteiger partial charge in [-0.15, -0.1) is 0 Å². The van der Waals surface area contributed by atoms with E-state index in [1.54, 1.807) is 19.2 Å². The van der Waals surface area contributed by atoms with Gasteiger partial charge in [0.05, 0.1) is 18.7 Å². The highest BCUT2D eigenvalue weighted by Gasteiger charge is 2.15. The van der Waals surface area contributed by atoms with Crippen LogP contribution in [0.5, 0.6) is 11.5 Å². The Morgan fingerprint density at radius 3 is 2.26 bits per heavy atom. The van der Waals surface area contributed by atoms with E-state index in [-0.39, 0.29) is 5.57 Å². The Labute approximate surface area is 167 Å². The van der Waals surface area contributed by atoms with Crippen molar-refractivity contribution in [2.24, 2.45) is 0 Å². The number of amides is 1. The quantitative estimate of drug-likeness (QED) is 0.540. The predicted octanol–water partition coefficient (Wildman–Crippen LogP) is 4.94. The van der Waals surface area contributed by atoms with Gasteiger partial charge in [-0.05, 0) is 71.6 Å². The van der Waals surface area contributed by atoms with Crippen molar-refractivity contribution >= 4 is 33.6 Å². The number of nitrogens with zero attached hydrogens (tertiary/aromatic N) is 1. The van der Waals surface area contributed by atoms with Crippen LogP contribution in [-0.2, 0) is 4.79 Å². The van der Waals surface area contributed by atoms with Gasteiger partial charge in [-0.3, -0.25) is 4.79 Å². The van der Waals surface area contributed by atoms with Gasteiger partial charge in [-0.1, -0.05) is 17.7 Å². The summed E-state index contributed by atoms with van der Waals surface area (Å²) >= 11 is 3.41. The van der Waals surface area contributed by atoms with Crippen molar-refractivity contribution in [2.75, 3.05) is 19.5 Å². The Kier molecular flexibility index (Phi) is 6.65. The molecule has 0 aliphatic heterocycles. The molecule has 0 radical (unpaired) electrons. The van der Waals surface area contributed by atoms with E-state index in [4.69, 9.17) is 9.47 Å². The van der Waals surface area contributed by atoms with E-state index in [1.165, 1.54) is 13.2 Å². The van der Waals surface area contributed by atoms with Crippen LogP contribution in [0.4, 0.5) is 5.69 Å². The molecule has 2 aromatic rings. The average Bonchev–Trinajstić information content (AvgIpc) is 2.61. The van der Waals surface area contributed by atoms with E-state index in [9.17, 15) is 10.1 Å². The Balaban J connectivity index is 2.38. The highest BCUT2D eigenvalue weighted by molar-refractivity contribution is 9.10. The number of benzene rings is 2. The first-order valence-electron chi connectivity index (χ1n) is 8.23. The summed E-state index contributed by atoms with van der Waals surface area (Å²) in [5, 5.41) is 12.3. The average molecular weight is 429 g/mol. The van der Waals surface area contributed by atoms with Crippen LogP contribution < -0.4 is 14.8 Å². The lowest BCUT2D eigenvalue weighted by Crippen LogP contribution is -2.15. The van der Waals surface area contributed by atoms with Gasteiger partial charge in [-0.2, -0.15) is 5.26 Å². The number of nitrogens with one attached hydrogen (secondary N) is 1. The zero-order valence-electron chi connectivity index (χ0n) is 15.9. The Hall–Kier alpha value is -2.78. The van der Waals surface area contributed by atoms with Crippen LogP contribution in [0.25, 0.3) is 6.08 Å². The summed E-state index contributed by atoms with van der Waals surface area (Å²) in [6.07, 6.45) is 1.51. The molecule has 0 unspecified atom stereocenters. The highest BCUT2D eigenvalue weighted by atomic mass is 79.9. The fourth-order valence-electron chi connectivity index (χ4n) is 2.89. The largest absolute Gasteiger partial charge is 0.493 e. The minimum absolute atomic E-state index is 0.00602. The van der Waals surface area contributed by atoms with Gasteiger partial charge >= 0.3 is 0 Å². The summed E-state index contributed by atoms with van der Waals surface area (Å²) in [5.41, 5.74) is 4.38. The zero-order chi connectivity index (χ0) is 20.1. The number of anilines is 1. The second-order valence-electron chi connectivity index (χ2n) is 6.14. The number of rotatable bonds is 5. The Morgan fingerprint density at radius 2 is 1.74 bits per heavy atom. The van der Waals surface area contributed by atoms with Crippen LogP contribution in [0, 0.1) is 32.1 Å². The van der Waals surface area contributed by atoms with Gasteiger partial charge in [0.15, 0.2) is 11.5 Å². The van der Waals surface area contributed by atoms with E-state index in [0.29, 0.717) is 21.5 Å². The van der Waals surface area contributed by atoms with Crippen LogP contribution in [0.15, 0.2) is 34.3 Å². The Morgan fingerprint density at radius 1 is 1.11 bits per heavy atom. The number of ether oxygens (including phenoxy) is 2. The minimum atomic E-state index is -0.460. The molecule has 0 heterocycles. The number of methoxy groups -OCH3 is 2. The van der Waals surface area contributed by atoms with Crippen LogP contribution in [0.2, 0.25) is 0 Å². The molecule has 1 amide bonds. The third kappa shape index (κ3) is 4.69. The summed E-state index contributed by atoms with van der Waals surface area (Å²) < 4.78 is 11.2. The van der Waals surface area contributed by atoms with Gasteiger partial charge in [0.2, 0.25) is 0 Å². The van der Waals surface area contributed by atoms with Crippen molar-refractivity contribution < 1.29 is 14.3 Å². The summed E-state index contributed by atoms with van der Waals surface area (Å²) in [5.74, 6) is 0.586. The van der Waals surface area contributed by atoms with Gasteiger partial charge in [-0.25, -0.2) is 0 Å². The van der Waals surface area contributed by atoms with Crippen molar-refractivity contribution in [1.82, 2.24) is 0 Å². The smallest absolute Gasteiger partial charge is 0.266 e. The lowest BCUT2D eigenvalue weighted by molar-refractivity contribution is -0.112. The van der Waals surface area contributed by atoms with Crippen LogP contribution in [0.3, 0.4) is 0 Å². The highest BCUT2D eigenvalue weighted by Crippen LogP contribution is 2.36. The van der Waals surface area contributed by atoms with Gasteiger partial charge in [0.1, 0.15) is 11.6 Å². The number of hydrogen-bond acceptors (Lipinski definition) is 4. The number of aryl methyl sites for hydroxylation is 3. The number of hydrogen-bond donors (Lipinski definition) is 1. The third-order valence-corrected chi connectivity index (χ3v) is 4.64. The number of carbonyl (C=O) groups is 1. The van der Waals surface area contributed by atoms with Gasteiger partial charge in [0, 0.05) is 5.69 Å². The first-order valence-corrected chi connectivity index (χ1v) is 9.02. The molecule has 1 N–H and O–H groups in total. The fraction of sp³-hybridized carbons (Fsp3) is 0.238. The molecule has 5 nitrogen and oxygen atoms in total. The minimum Gasteiger partial charge on any atom is -0.493 e. The van der Waals surface area contributed by atoms with Crippen LogP contribution >= 0.6 is 15.9 Å². The topological polar surface area (TPSA) is 71.3 Å². The molecule has 0 atom stereocenters. The SMILES string of the molecule is COc1cc(/C=C(\C#N)C(=O)Nc2c(C)cc(C)cc2C)cc(Br)c1OC. The normalized spacial score (nSPS) is 10.9. The van der Waals surface area contributed by atoms with Gasteiger partial charge in [0.25, 0.3) is 5.91 Å². The maximum absolute atomic E-state index is 12.6. The molecule has 27 heavy (non-hydrogen) atoms. The molecule has 2 aromatic carbocycles. The molecule has 0 fully saturated rings. The molecule has 0 spiro atoms. The monoisotopic (exact) mass is 428 g/mol. The summed E-state index contributed by atoms with van der Waals surface area (Å²) in [6.45, 7) is 5.86. The summed E-state index contributed by atoms with van der Waals surface area (Å²) in [6, 6.07) is 9.41. The van der Waals surface area contributed by atoms with Crippen molar-refractivity contribution in [3.8, 4) is 17.6 Å². The van der Waals surface area contributed by atoms with E-state index in [2.05, 4.69) is 21.2 Å². The first-order chi connectivity index (χ1) is 12.8. The molecular weight excluding hydrogens is 408 g/mol. The van der Waals surface area contributed by atoms with Crippen LogP contribution in [-0.4, -0.2) is 20.1 Å². The van der Waals surface area contributed by atoms with E-state index in [0.717, 1.165) is 22.4 Å². The van der Waals surface area contributed by atoms with Crippen molar-refractivity contribution in [1.29, 1.82) is 5.26 Å². The Bertz CT molecular complexity index is 936. The van der Waals surface area contributed by atoms with E-state index >= 15 is 0 Å². The molecule has 0 saturated heterocycles. The number of nitriles is 1. The van der Waals surface area contributed by atoms with Crippen LogP contribution in [0.1, 0.15) is 22.3 Å². The van der Waals surface area contributed by atoms with E-state index < -0.39 is 5.91 Å². The van der Waals surface area contributed by atoms with Crippen molar-refractivity contribution in [3.63, 3.8) is 0 Å². The molecule has 140 valence electrons. The molecule has 0 bridgehead atoms. The lowest BCUT2D eigenvalue weighted by atomic mass is 10.0. The standard InChI is InChI=1S/C21H21BrN2O3/c1-12-6-13(2)19(14(3)7-12)24-21(25)16(11-23)8-15-9-17(22)20(27-5)18(10-15)26-4/h6-10H,1-5H3,(H,24,25)/b16-8+. The lowest BCUT2D eigenvalue weighted by Gasteiger charge is -2.13. The molecular formula is C21H21BrN2O3. The summed E-state index contributed by atoms with van der Waals surface area (Å²) in [7, 11) is 3.07. The second kappa shape index (κ2) is 8.74. The molecule has 0 aromatic heterocycles. The maximum Gasteiger partial charge on any atom is 0.266 e. The van der Waals surface area contributed by atoms with Crippen molar-refractivity contribution in [2.45, 2.75) is 20.8 Å². The zero-order valence-corrected chi connectivity index (χ0v) is 17.5. The number of carbonyl (C=O) groups excluding carboxylic acids is 1.